The Morgan fingerprint density at radius 1 is 1.20 bits per heavy atom. The first-order chi connectivity index (χ1) is 9.12. The first-order valence-corrected chi connectivity index (χ1v) is 5.52. The molecule has 0 aliphatic rings. The molecule has 0 bridgehead atoms. The van der Waals surface area contributed by atoms with Gasteiger partial charge in [-0.1, -0.05) is 0 Å². The average Bonchev–Trinajstić information content (AvgIpc) is 2.34. The molecule has 3 N–H and O–H groups in total. The number of alkyl halides is 3. The summed E-state index contributed by atoms with van der Waals surface area (Å²) < 4.78 is 37.0. The average molecular weight is 291 g/mol. The van der Waals surface area contributed by atoms with E-state index in [1.807, 2.05) is 5.32 Å². The minimum atomic E-state index is -4.52. The summed E-state index contributed by atoms with van der Waals surface area (Å²) in [5.74, 6) is -2.33. The molecule has 0 aliphatic carbocycles. The number of amides is 1. The molecular weight excluding hydrogens is 279 g/mol. The van der Waals surface area contributed by atoms with Crippen LogP contribution in [0.5, 0.6) is 0 Å². The molecule has 0 saturated carbocycles. The van der Waals surface area contributed by atoms with Crippen molar-refractivity contribution < 1.29 is 33.0 Å². The number of hydrogen-bond acceptors (Lipinski definition) is 3. The van der Waals surface area contributed by atoms with Gasteiger partial charge in [0.15, 0.2) is 6.04 Å². The second-order valence-corrected chi connectivity index (χ2v) is 4.11. The zero-order valence-corrected chi connectivity index (χ0v) is 10.3. The van der Waals surface area contributed by atoms with Crippen LogP contribution in [0.3, 0.4) is 0 Å². The monoisotopic (exact) mass is 291 g/mol. The second kappa shape index (κ2) is 5.91. The molecule has 0 radical (unpaired) electrons. The van der Waals surface area contributed by atoms with Crippen molar-refractivity contribution >= 4 is 11.9 Å². The van der Waals surface area contributed by atoms with Crippen LogP contribution in [0.4, 0.5) is 13.2 Å². The quantitative estimate of drug-likeness (QED) is 0.779. The molecule has 0 saturated heterocycles. The molecule has 0 fully saturated rings. The van der Waals surface area contributed by atoms with Gasteiger partial charge in [-0.15, -0.1) is 0 Å². The Bertz CT molecular complexity index is 496. The van der Waals surface area contributed by atoms with Crippen LogP contribution in [0.25, 0.3) is 0 Å². The van der Waals surface area contributed by atoms with Crippen molar-refractivity contribution in [3.63, 3.8) is 0 Å². The Balaban J connectivity index is 2.85. The molecule has 1 rings (SSSR count). The van der Waals surface area contributed by atoms with Gasteiger partial charge in [-0.05, 0) is 31.2 Å². The van der Waals surface area contributed by atoms with Gasteiger partial charge in [-0.25, -0.2) is 4.79 Å². The topological polar surface area (TPSA) is 86.6 Å². The Kier molecular flexibility index (Phi) is 4.72. The number of carbonyl (C=O) groups is 2. The number of carboxylic acid groups (broad SMARTS) is 1. The summed E-state index contributed by atoms with van der Waals surface area (Å²) in [7, 11) is 0. The highest BCUT2D eigenvalue weighted by molar-refractivity contribution is 5.96. The number of benzene rings is 1. The summed E-state index contributed by atoms with van der Waals surface area (Å²) >= 11 is 0. The van der Waals surface area contributed by atoms with E-state index in [1.165, 1.54) is 6.92 Å². The van der Waals surface area contributed by atoms with E-state index < -0.39 is 35.8 Å². The van der Waals surface area contributed by atoms with Crippen LogP contribution in [0, 0.1) is 0 Å². The summed E-state index contributed by atoms with van der Waals surface area (Å²) in [6, 6.07) is 1.75. The molecule has 0 aromatic heterocycles. The van der Waals surface area contributed by atoms with Gasteiger partial charge in [-0.3, -0.25) is 4.79 Å². The number of aliphatic hydroxyl groups excluding tert-OH is 1. The van der Waals surface area contributed by atoms with Crippen molar-refractivity contribution in [2.45, 2.75) is 25.2 Å². The van der Waals surface area contributed by atoms with Gasteiger partial charge in [-0.2, -0.15) is 13.2 Å². The molecule has 0 heterocycles. The number of aliphatic carboxylic acids is 1. The molecule has 0 aliphatic heterocycles. The number of carbonyl (C=O) groups excluding carboxylic acids is 1. The van der Waals surface area contributed by atoms with Gasteiger partial charge in [0.2, 0.25) is 0 Å². The number of halogens is 3. The van der Waals surface area contributed by atoms with Crippen LogP contribution < -0.4 is 5.32 Å². The van der Waals surface area contributed by atoms with Gasteiger partial charge in [0.25, 0.3) is 5.91 Å². The third-order valence-corrected chi connectivity index (χ3v) is 2.51. The van der Waals surface area contributed by atoms with Crippen molar-refractivity contribution in [1.82, 2.24) is 5.32 Å². The highest BCUT2D eigenvalue weighted by atomic mass is 19.4. The third-order valence-electron chi connectivity index (χ3n) is 2.51. The molecule has 8 heteroatoms. The highest BCUT2D eigenvalue weighted by Crippen LogP contribution is 2.29. The molecule has 1 amide bonds. The molecule has 20 heavy (non-hydrogen) atoms. The molecule has 2 atom stereocenters. The van der Waals surface area contributed by atoms with Crippen molar-refractivity contribution in [2.75, 3.05) is 0 Å². The number of aliphatic hydroxyl groups is 1. The first-order valence-electron chi connectivity index (χ1n) is 5.52. The van der Waals surface area contributed by atoms with Crippen LogP contribution in [0.15, 0.2) is 24.3 Å². The molecule has 1 aromatic rings. The fraction of sp³-hybridized carbons (Fsp3) is 0.333. The molecule has 2 unspecified atom stereocenters. The lowest BCUT2D eigenvalue weighted by atomic mass is 10.1. The fourth-order valence-corrected chi connectivity index (χ4v) is 1.42. The van der Waals surface area contributed by atoms with E-state index in [4.69, 9.17) is 5.11 Å². The van der Waals surface area contributed by atoms with E-state index in [-0.39, 0.29) is 5.56 Å². The van der Waals surface area contributed by atoms with Crippen LogP contribution in [-0.2, 0) is 11.0 Å². The highest BCUT2D eigenvalue weighted by Gasteiger charge is 2.30. The van der Waals surface area contributed by atoms with Crippen molar-refractivity contribution in [1.29, 1.82) is 0 Å². The van der Waals surface area contributed by atoms with Gasteiger partial charge in [0, 0.05) is 5.56 Å². The fourth-order valence-electron chi connectivity index (χ4n) is 1.42. The van der Waals surface area contributed by atoms with Gasteiger partial charge in [0.05, 0.1) is 11.7 Å². The summed E-state index contributed by atoms with van der Waals surface area (Å²) in [6.07, 6.45) is -5.86. The maximum Gasteiger partial charge on any atom is 0.416 e. The lowest BCUT2D eigenvalue weighted by molar-refractivity contribution is -0.142. The second-order valence-electron chi connectivity index (χ2n) is 4.11. The van der Waals surface area contributed by atoms with Crippen LogP contribution in [0.1, 0.15) is 22.8 Å². The Morgan fingerprint density at radius 2 is 1.70 bits per heavy atom. The zero-order chi connectivity index (χ0) is 15.5. The minimum Gasteiger partial charge on any atom is -0.480 e. The summed E-state index contributed by atoms with van der Waals surface area (Å²) in [5, 5.41) is 20.0. The predicted molar refractivity (Wildman–Crippen MR) is 62.0 cm³/mol. The standard InChI is InChI=1S/C12H12F3NO4/c1-6(17)9(11(19)20)16-10(18)7-2-4-8(5-3-7)12(13,14)15/h2-6,9,17H,1H3,(H,16,18)(H,19,20). The summed E-state index contributed by atoms with van der Waals surface area (Å²) in [6.45, 7) is 1.17. The van der Waals surface area contributed by atoms with E-state index in [0.717, 1.165) is 12.1 Å². The largest absolute Gasteiger partial charge is 0.480 e. The SMILES string of the molecule is CC(O)C(NC(=O)c1ccc(C(F)(F)F)cc1)C(=O)O. The summed E-state index contributed by atoms with van der Waals surface area (Å²) in [5.41, 5.74) is -1.05. The maximum absolute atomic E-state index is 12.3. The number of rotatable bonds is 4. The molecule has 1 aromatic carbocycles. The van der Waals surface area contributed by atoms with Crippen molar-refractivity contribution in [2.24, 2.45) is 0 Å². The van der Waals surface area contributed by atoms with Crippen LogP contribution in [-0.4, -0.2) is 34.2 Å². The molecule has 5 nitrogen and oxygen atoms in total. The first kappa shape index (κ1) is 16.0. The van der Waals surface area contributed by atoms with E-state index in [2.05, 4.69) is 0 Å². The lowest BCUT2D eigenvalue weighted by Crippen LogP contribution is -2.47. The normalized spacial score (nSPS) is 14.4. The molecular formula is C12H12F3NO4. The van der Waals surface area contributed by atoms with E-state index in [1.54, 1.807) is 0 Å². The minimum absolute atomic E-state index is 0.134. The Hall–Kier alpha value is -2.09. The number of hydrogen-bond donors (Lipinski definition) is 3. The summed E-state index contributed by atoms with van der Waals surface area (Å²) in [4.78, 5) is 22.4. The maximum atomic E-state index is 12.3. The Labute approximate surface area is 112 Å². The van der Waals surface area contributed by atoms with Crippen LogP contribution >= 0.6 is 0 Å². The lowest BCUT2D eigenvalue weighted by Gasteiger charge is -2.17. The van der Waals surface area contributed by atoms with Gasteiger partial charge < -0.3 is 15.5 Å². The van der Waals surface area contributed by atoms with Crippen molar-refractivity contribution in [3.05, 3.63) is 35.4 Å². The zero-order valence-electron chi connectivity index (χ0n) is 10.3. The number of carboxylic acids is 1. The van der Waals surface area contributed by atoms with Gasteiger partial charge in [0.1, 0.15) is 0 Å². The predicted octanol–water partition coefficient (Wildman–Crippen LogP) is 1.27. The molecule has 110 valence electrons. The number of nitrogens with one attached hydrogen (secondary N) is 1. The smallest absolute Gasteiger partial charge is 0.416 e. The Morgan fingerprint density at radius 3 is 2.05 bits per heavy atom. The van der Waals surface area contributed by atoms with E-state index in [0.29, 0.717) is 12.1 Å². The van der Waals surface area contributed by atoms with Crippen LogP contribution in [0.2, 0.25) is 0 Å². The van der Waals surface area contributed by atoms with Gasteiger partial charge >= 0.3 is 12.1 Å². The van der Waals surface area contributed by atoms with Crippen molar-refractivity contribution in [3.8, 4) is 0 Å². The van der Waals surface area contributed by atoms with E-state index in [9.17, 15) is 27.9 Å². The third kappa shape index (κ3) is 3.95. The molecule has 0 spiro atoms. The van der Waals surface area contributed by atoms with E-state index >= 15 is 0 Å².